The lowest BCUT2D eigenvalue weighted by molar-refractivity contribution is -0.117. The molecule has 18 heavy (non-hydrogen) atoms. The highest BCUT2D eigenvalue weighted by Crippen LogP contribution is 2.32. The van der Waals surface area contributed by atoms with E-state index in [0.717, 1.165) is 18.4 Å². The van der Waals surface area contributed by atoms with Crippen LogP contribution in [0.2, 0.25) is 0 Å². The maximum absolute atomic E-state index is 11.9. The van der Waals surface area contributed by atoms with Gasteiger partial charge in [0.15, 0.2) is 5.78 Å². The number of Topliss-reactive ketones (excluding diaryl/α,β-unsaturated/α-hetero) is 2. The molecule has 0 unspecified atom stereocenters. The Labute approximate surface area is 106 Å². The Hall–Kier alpha value is -1.84. The number of phenolic OH excluding ortho intramolecular Hbond substituents is 1. The van der Waals surface area contributed by atoms with Crippen molar-refractivity contribution < 1.29 is 19.4 Å². The fraction of sp³-hybridized carbons (Fsp3) is 0.429. The summed E-state index contributed by atoms with van der Waals surface area (Å²) in [7, 11) is 0. The van der Waals surface area contributed by atoms with E-state index in [9.17, 15) is 14.7 Å². The molecule has 1 aliphatic heterocycles. The predicted octanol–water partition coefficient (Wildman–Crippen LogP) is 2.27. The number of ether oxygens (including phenoxy) is 1. The molecule has 0 atom stereocenters. The summed E-state index contributed by atoms with van der Waals surface area (Å²) in [5.41, 5.74) is 1.09. The summed E-state index contributed by atoms with van der Waals surface area (Å²) in [6, 6.07) is 3.12. The molecule has 0 amide bonds. The smallest absolute Gasteiger partial charge is 0.174 e. The van der Waals surface area contributed by atoms with Crippen molar-refractivity contribution in [1.29, 1.82) is 0 Å². The van der Waals surface area contributed by atoms with Crippen LogP contribution in [-0.2, 0) is 11.2 Å². The second-order valence-corrected chi connectivity index (χ2v) is 4.42. The molecule has 96 valence electrons. The highest BCUT2D eigenvalue weighted by Gasteiger charge is 2.19. The second-order valence-electron chi connectivity index (χ2n) is 4.42. The molecule has 1 N–H and O–H groups in total. The van der Waals surface area contributed by atoms with Gasteiger partial charge in [0.1, 0.15) is 17.3 Å². The predicted molar refractivity (Wildman–Crippen MR) is 66.2 cm³/mol. The third kappa shape index (κ3) is 2.53. The first kappa shape index (κ1) is 12.6. The number of rotatable bonds is 4. The van der Waals surface area contributed by atoms with Gasteiger partial charge in [0.25, 0.3) is 0 Å². The van der Waals surface area contributed by atoms with Gasteiger partial charge in [-0.3, -0.25) is 9.59 Å². The lowest BCUT2D eigenvalue weighted by atomic mass is 9.98. The number of aromatic hydroxyl groups is 1. The molecule has 1 heterocycles. The van der Waals surface area contributed by atoms with E-state index in [2.05, 4.69) is 0 Å². The van der Waals surface area contributed by atoms with E-state index in [-0.39, 0.29) is 29.3 Å². The summed E-state index contributed by atoms with van der Waals surface area (Å²) in [6.45, 7) is 2.34. The maximum Gasteiger partial charge on any atom is 0.174 e. The van der Waals surface area contributed by atoms with Crippen LogP contribution in [0.5, 0.6) is 11.5 Å². The molecule has 1 aliphatic rings. The number of hydrogen-bond donors (Lipinski definition) is 1. The number of fused-ring (bicyclic) bond motifs is 1. The van der Waals surface area contributed by atoms with Crippen molar-refractivity contribution in [2.75, 3.05) is 6.61 Å². The average Bonchev–Trinajstić information content (AvgIpc) is 2.37. The van der Waals surface area contributed by atoms with Gasteiger partial charge >= 0.3 is 0 Å². The molecule has 0 bridgehead atoms. The molecule has 0 fully saturated rings. The van der Waals surface area contributed by atoms with Gasteiger partial charge in [-0.2, -0.15) is 0 Å². The Morgan fingerprint density at radius 2 is 2.17 bits per heavy atom. The van der Waals surface area contributed by atoms with Gasteiger partial charge in [-0.25, -0.2) is 0 Å². The topological polar surface area (TPSA) is 63.6 Å². The molecule has 0 saturated heterocycles. The van der Waals surface area contributed by atoms with Crippen LogP contribution >= 0.6 is 0 Å². The zero-order chi connectivity index (χ0) is 13.1. The van der Waals surface area contributed by atoms with Gasteiger partial charge in [-0.05, 0) is 30.5 Å². The zero-order valence-electron chi connectivity index (χ0n) is 10.4. The van der Waals surface area contributed by atoms with E-state index >= 15 is 0 Å². The van der Waals surface area contributed by atoms with E-state index in [1.54, 1.807) is 19.1 Å². The van der Waals surface area contributed by atoms with E-state index in [1.807, 2.05) is 0 Å². The molecule has 4 nitrogen and oxygen atoms in total. The van der Waals surface area contributed by atoms with Gasteiger partial charge in [0.05, 0.1) is 18.6 Å². The van der Waals surface area contributed by atoms with Crippen LogP contribution in [0.15, 0.2) is 12.1 Å². The van der Waals surface area contributed by atoms with Crippen LogP contribution in [0.1, 0.15) is 42.1 Å². The summed E-state index contributed by atoms with van der Waals surface area (Å²) in [6.07, 6.45) is 1.91. The van der Waals surface area contributed by atoms with Crippen LogP contribution in [-0.4, -0.2) is 23.3 Å². The van der Waals surface area contributed by atoms with Crippen molar-refractivity contribution in [3.05, 3.63) is 23.3 Å². The number of hydrogen-bond acceptors (Lipinski definition) is 4. The fourth-order valence-corrected chi connectivity index (χ4v) is 2.01. The van der Waals surface area contributed by atoms with Crippen LogP contribution in [0.4, 0.5) is 0 Å². The molecule has 0 saturated carbocycles. The minimum Gasteiger partial charge on any atom is -0.507 e. The Kier molecular flexibility index (Phi) is 3.65. The van der Waals surface area contributed by atoms with E-state index < -0.39 is 0 Å². The second kappa shape index (κ2) is 5.21. The Morgan fingerprint density at radius 3 is 2.89 bits per heavy atom. The molecule has 0 aromatic heterocycles. The first-order valence-corrected chi connectivity index (χ1v) is 6.15. The third-order valence-corrected chi connectivity index (χ3v) is 3.08. The number of carbonyl (C=O) groups excluding carboxylic acids is 2. The van der Waals surface area contributed by atoms with Crippen LogP contribution in [0, 0.1) is 0 Å². The first-order chi connectivity index (χ1) is 8.61. The average molecular weight is 248 g/mol. The molecule has 0 spiro atoms. The SMILES string of the molecule is CCC(=O)CC(=O)c1cc2c(cc1O)CCCO2. The summed E-state index contributed by atoms with van der Waals surface area (Å²) >= 11 is 0. The largest absolute Gasteiger partial charge is 0.507 e. The monoisotopic (exact) mass is 248 g/mol. The third-order valence-electron chi connectivity index (χ3n) is 3.08. The molecule has 0 radical (unpaired) electrons. The van der Waals surface area contributed by atoms with Crippen molar-refractivity contribution in [2.24, 2.45) is 0 Å². The van der Waals surface area contributed by atoms with Crippen molar-refractivity contribution in [3.63, 3.8) is 0 Å². The van der Waals surface area contributed by atoms with Gasteiger partial charge < -0.3 is 9.84 Å². The Bertz CT molecular complexity index is 491. The number of ketones is 2. The molecule has 1 aromatic rings. The van der Waals surface area contributed by atoms with E-state index in [1.165, 1.54) is 0 Å². The van der Waals surface area contributed by atoms with Crippen molar-refractivity contribution in [2.45, 2.75) is 32.6 Å². The van der Waals surface area contributed by atoms with Gasteiger partial charge in [0, 0.05) is 6.42 Å². The van der Waals surface area contributed by atoms with Crippen molar-refractivity contribution >= 4 is 11.6 Å². The molecule has 1 aromatic carbocycles. The lowest BCUT2D eigenvalue weighted by Gasteiger charge is -2.18. The first-order valence-electron chi connectivity index (χ1n) is 6.15. The standard InChI is InChI=1S/C14H16O4/c1-2-10(15)7-13(17)11-8-14-9(6-12(11)16)4-3-5-18-14/h6,8,16H,2-5,7H2,1H3. The molecule has 4 heteroatoms. The highest BCUT2D eigenvalue weighted by atomic mass is 16.5. The summed E-state index contributed by atoms with van der Waals surface area (Å²) < 4.78 is 5.45. The molecular weight excluding hydrogens is 232 g/mol. The van der Waals surface area contributed by atoms with Crippen LogP contribution in [0.25, 0.3) is 0 Å². The minimum absolute atomic E-state index is 0.0619. The summed E-state index contributed by atoms with van der Waals surface area (Å²) in [5, 5.41) is 9.83. The Balaban J connectivity index is 2.27. The van der Waals surface area contributed by atoms with Gasteiger partial charge in [-0.15, -0.1) is 0 Å². The molecule has 2 rings (SSSR count). The number of aryl methyl sites for hydroxylation is 1. The number of carbonyl (C=O) groups is 2. The molecular formula is C14H16O4. The summed E-state index contributed by atoms with van der Waals surface area (Å²) in [5.74, 6) is 0.105. The van der Waals surface area contributed by atoms with Crippen molar-refractivity contribution in [3.8, 4) is 11.5 Å². The normalized spacial score (nSPS) is 13.6. The highest BCUT2D eigenvalue weighted by molar-refractivity contribution is 6.09. The van der Waals surface area contributed by atoms with Crippen LogP contribution in [0.3, 0.4) is 0 Å². The van der Waals surface area contributed by atoms with E-state index in [4.69, 9.17) is 4.74 Å². The summed E-state index contributed by atoms with van der Waals surface area (Å²) in [4.78, 5) is 23.1. The van der Waals surface area contributed by atoms with Gasteiger partial charge in [0.2, 0.25) is 0 Å². The van der Waals surface area contributed by atoms with E-state index in [0.29, 0.717) is 18.8 Å². The van der Waals surface area contributed by atoms with Crippen LogP contribution < -0.4 is 4.74 Å². The van der Waals surface area contributed by atoms with Crippen molar-refractivity contribution in [1.82, 2.24) is 0 Å². The number of benzene rings is 1. The van der Waals surface area contributed by atoms with Gasteiger partial charge in [-0.1, -0.05) is 6.92 Å². The lowest BCUT2D eigenvalue weighted by Crippen LogP contribution is -2.11. The minimum atomic E-state index is -0.351. The fourth-order valence-electron chi connectivity index (χ4n) is 2.01. The number of phenols is 1. The Morgan fingerprint density at radius 1 is 1.39 bits per heavy atom. The quantitative estimate of drug-likeness (QED) is 0.655. The maximum atomic E-state index is 11.9. The zero-order valence-corrected chi connectivity index (χ0v) is 10.4. The molecule has 0 aliphatic carbocycles.